The van der Waals surface area contributed by atoms with Crippen molar-refractivity contribution in [1.29, 1.82) is 0 Å². The highest BCUT2D eigenvalue weighted by molar-refractivity contribution is 6.34. The number of ketones is 3. The zero-order valence-electron chi connectivity index (χ0n) is 22.6. The first-order chi connectivity index (χ1) is 18.0. The molecule has 0 fully saturated rings. The van der Waals surface area contributed by atoms with Crippen molar-refractivity contribution in [2.24, 2.45) is 0 Å². The van der Waals surface area contributed by atoms with Crippen LogP contribution in [0.15, 0.2) is 0 Å². The van der Waals surface area contributed by atoms with E-state index in [-0.39, 0.29) is 78.4 Å². The van der Waals surface area contributed by atoms with Crippen molar-refractivity contribution < 1.29 is 62.3 Å². The van der Waals surface area contributed by atoms with E-state index in [1.54, 1.807) is 20.8 Å². The summed E-state index contributed by atoms with van der Waals surface area (Å²) < 4.78 is 31.2. The molecule has 0 aliphatic rings. The van der Waals surface area contributed by atoms with E-state index in [2.05, 4.69) is 0 Å². The van der Waals surface area contributed by atoms with Gasteiger partial charge in [-0.15, -0.1) is 0 Å². The number of ether oxygens (including phenoxy) is 6. The molecule has 0 aromatic carbocycles. The van der Waals surface area contributed by atoms with Crippen molar-refractivity contribution in [2.75, 3.05) is 46.2 Å². The molecule has 38 heavy (non-hydrogen) atoms. The SMILES string of the molecule is CCC(=O)C(=O)OCCCOCC(OCCCOC(=O)C(=O)CC)C(C)(O)OCCCOC(=O)C(=O)CC. The molecule has 0 radical (unpaired) electrons. The third-order valence-electron chi connectivity index (χ3n) is 4.94. The molecule has 0 saturated carbocycles. The second-order valence-corrected chi connectivity index (χ2v) is 8.14. The van der Waals surface area contributed by atoms with Crippen molar-refractivity contribution in [2.45, 2.75) is 78.1 Å². The van der Waals surface area contributed by atoms with Crippen molar-refractivity contribution in [3.8, 4) is 0 Å². The lowest BCUT2D eigenvalue weighted by Gasteiger charge is -2.32. The van der Waals surface area contributed by atoms with Crippen molar-refractivity contribution in [3.63, 3.8) is 0 Å². The summed E-state index contributed by atoms with van der Waals surface area (Å²) in [4.78, 5) is 67.9. The van der Waals surface area contributed by atoms with Crippen LogP contribution in [0.1, 0.15) is 66.2 Å². The summed E-state index contributed by atoms with van der Waals surface area (Å²) in [5, 5.41) is 10.8. The summed E-state index contributed by atoms with van der Waals surface area (Å²) in [7, 11) is 0. The van der Waals surface area contributed by atoms with Gasteiger partial charge >= 0.3 is 17.9 Å². The van der Waals surface area contributed by atoms with Gasteiger partial charge in [-0.3, -0.25) is 14.4 Å². The Hall–Kier alpha value is -2.74. The lowest BCUT2D eigenvalue weighted by Crippen LogP contribution is -2.47. The molecule has 0 aromatic rings. The highest BCUT2D eigenvalue weighted by Gasteiger charge is 2.34. The number of aliphatic hydroxyl groups is 1. The molecule has 2 atom stereocenters. The first kappa shape index (κ1) is 35.3. The predicted molar refractivity (Wildman–Crippen MR) is 130 cm³/mol. The minimum absolute atomic E-state index is 0.0237. The zero-order valence-corrected chi connectivity index (χ0v) is 22.6. The lowest BCUT2D eigenvalue weighted by atomic mass is 10.2. The quantitative estimate of drug-likeness (QED) is 0.0625. The monoisotopic (exact) mass is 548 g/mol. The fourth-order valence-electron chi connectivity index (χ4n) is 2.59. The van der Waals surface area contributed by atoms with Gasteiger partial charge in [0.05, 0.1) is 39.6 Å². The van der Waals surface area contributed by atoms with Gasteiger partial charge in [0.1, 0.15) is 6.10 Å². The van der Waals surface area contributed by atoms with Gasteiger partial charge in [0.2, 0.25) is 17.3 Å². The molecule has 0 aromatic heterocycles. The van der Waals surface area contributed by atoms with E-state index in [1.165, 1.54) is 6.92 Å². The van der Waals surface area contributed by atoms with Crippen LogP contribution in [0.2, 0.25) is 0 Å². The topological polar surface area (TPSA) is 178 Å². The Morgan fingerprint density at radius 1 is 0.632 bits per heavy atom. The van der Waals surface area contributed by atoms with Crippen LogP contribution < -0.4 is 0 Å². The van der Waals surface area contributed by atoms with E-state index in [0.29, 0.717) is 6.42 Å². The lowest BCUT2D eigenvalue weighted by molar-refractivity contribution is -0.266. The van der Waals surface area contributed by atoms with Crippen LogP contribution in [0.3, 0.4) is 0 Å². The molecule has 0 amide bonds. The van der Waals surface area contributed by atoms with Crippen molar-refractivity contribution in [3.05, 3.63) is 0 Å². The maximum atomic E-state index is 11.4. The first-order valence-corrected chi connectivity index (χ1v) is 12.7. The number of esters is 3. The number of carbonyl (C=O) groups is 6. The van der Waals surface area contributed by atoms with Crippen LogP contribution in [-0.4, -0.2) is 98.5 Å². The summed E-state index contributed by atoms with van der Waals surface area (Å²) in [6, 6.07) is 0. The summed E-state index contributed by atoms with van der Waals surface area (Å²) in [6.07, 6.45) is -0.135. The number of carbonyl (C=O) groups excluding carboxylic acids is 6. The van der Waals surface area contributed by atoms with E-state index in [9.17, 15) is 33.9 Å². The largest absolute Gasteiger partial charge is 0.460 e. The summed E-state index contributed by atoms with van der Waals surface area (Å²) in [5.41, 5.74) is 0. The number of hydrogen-bond acceptors (Lipinski definition) is 13. The third-order valence-corrected chi connectivity index (χ3v) is 4.94. The molecule has 13 nitrogen and oxygen atoms in total. The average Bonchev–Trinajstić information content (AvgIpc) is 2.90. The molecule has 2 unspecified atom stereocenters. The van der Waals surface area contributed by atoms with Crippen LogP contribution in [0.25, 0.3) is 0 Å². The van der Waals surface area contributed by atoms with Gasteiger partial charge in [-0.05, 0) is 6.92 Å². The Morgan fingerprint density at radius 3 is 1.45 bits per heavy atom. The fraction of sp³-hybridized carbons (Fsp3) is 0.760. The van der Waals surface area contributed by atoms with E-state index in [1.807, 2.05) is 0 Å². The molecule has 0 saturated heterocycles. The summed E-state index contributed by atoms with van der Waals surface area (Å²) >= 11 is 0. The van der Waals surface area contributed by atoms with E-state index < -0.39 is 47.1 Å². The van der Waals surface area contributed by atoms with Gasteiger partial charge in [-0.1, -0.05) is 20.8 Å². The van der Waals surface area contributed by atoms with Gasteiger partial charge in [0, 0.05) is 45.1 Å². The Balaban J connectivity index is 4.66. The molecular formula is C25H40O13. The average molecular weight is 549 g/mol. The molecule has 0 bridgehead atoms. The molecular weight excluding hydrogens is 508 g/mol. The minimum Gasteiger partial charge on any atom is -0.460 e. The standard InChI is InChI=1S/C25H40O13/c1-5-18(26)22(29)35-13-8-11-33-17-21(34-12-9-14-36-23(30)19(27)6-2)25(4,32)38-16-10-15-37-24(31)20(28)7-3/h21,32H,5-17H2,1-4H3. The van der Waals surface area contributed by atoms with E-state index >= 15 is 0 Å². The van der Waals surface area contributed by atoms with Crippen LogP contribution in [-0.2, 0) is 57.2 Å². The molecule has 1 N–H and O–H groups in total. The smallest absolute Gasteiger partial charge is 0.374 e. The highest BCUT2D eigenvalue weighted by Crippen LogP contribution is 2.17. The number of Topliss-reactive ketones (excluding diaryl/α,β-unsaturated/α-hetero) is 3. The number of rotatable bonds is 23. The summed E-state index contributed by atoms with van der Waals surface area (Å²) in [5.74, 6) is -6.49. The Labute approximate surface area is 222 Å². The highest BCUT2D eigenvalue weighted by atomic mass is 16.7. The van der Waals surface area contributed by atoms with E-state index in [0.717, 1.165) is 0 Å². The molecule has 0 aliphatic carbocycles. The van der Waals surface area contributed by atoms with E-state index in [4.69, 9.17) is 28.4 Å². The van der Waals surface area contributed by atoms with Crippen LogP contribution in [0.4, 0.5) is 0 Å². The summed E-state index contributed by atoms with van der Waals surface area (Å²) in [6.45, 7) is 5.83. The van der Waals surface area contributed by atoms with Gasteiger partial charge < -0.3 is 33.5 Å². The maximum Gasteiger partial charge on any atom is 0.374 e. The second-order valence-electron chi connectivity index (χ2n) is 8.14. The fourth-order valence-corrected chi connectivity index (χ4v) is 2.59. The molecule has 0 rings (SSSR count). The second kappa shape index (κ2) is 20.3. The maximum absolute atomic E-state index is 11.4. The molecule has 0 spiro atoms. The Bertz CT molecular complexity index is 775. The van der Waals surface area contributed by atoms with Gasteiger partial charge in [0.15, 0.2) is 5.79 Å². The van der Waals surface area contributed by atoms with Crippen LogP contribution >= 0.6 is 0 Å². The Kier molecular flexibility index (Phi) is 18.8. The normalized spacial score (nSPS) is 13.2. The predicted octanol–water partition coefficient (Wildman–Crippen LogP) is 0.851. The first-order valence-electron chi connectivity index (χ1n) is 12.7. The molecule has 0 aliphatic heterocycles. The van der Waals surface area contributed by atoms with Gasteiger partial charge in [-0.2, -0.15) is 0 Å². The molecule has 0 heterocycles. The van der Waals surface area contributed by atoms with Gasteiger partial charge in [-0.25, -0.2) is 14.4 Å². The third kappa shape index (κ3) is 15.5. The number of hydrogen-bond donors (Lipinski definition) is 1. The Morgan fingerprint density at radius 2 is 1.03 bits per heavy atom. The van der Waals surface area contributed by atoms with Gasteiger partial charge in [0.25, 0.3) is 0 Å². The molecule has 13 heteroatoms. The minimum atomic E-state index is -1.84. The van der Waals surface area contributed by atoms with Crippen LogP contribution in [0.5, 0.6) is 0 Å². The zero-order chi connectivity index (χ0) is 29.0. The van der Waals surface area contributed by atoms with Crippen LogP contribution in [0, 0.1) is 0 Å². The van der Waals surface area contributed by atoms with Crippen molar-refractivity contribution in [1.82, 2.24) is 0 Å². The molecule has 218 valence electrons. The van der Waals surface area contributed by atoms with Crippen molar-refractivity contribution >= 4 is 35.3 Å².